The largest absolute Gasteiger partial charge is 0.503 e. The Morgan fingerprint density at radius 2 is 1.67 bits per heavy atom. The summed E-state index contributed by atoms with van der Waals surface area (Å²) in [6.07, 6.45) is -0.279. The first-order valence-electron chi connectivity index (χ1n) is 11.2. The molecule has 0 aliphatic heterocycles. The highest BCUT2D eigenvalue weighted by Gasteiger charge is 2.52. The summed E-state index contributed by atoms with van der Waals surface area (Å²) in [5, 5.41) is 22.6. The zero-order valence-corrected chi connectivity index (χ0v) is 18.7. The van der Waals surface area contributed by atoms with E-state index in [0.29, 0.717) is 31.7 Å². The molecule has 8 nitrogen and oxygen atoms in total. The molecule has 13 heteroatoms. The van der Waals surface area contributed by atoms with Crippen LogP contribution in [0.1, 0.15) is 60.5 Å². The lowest BCUT2D eigenvalue weighted by atomic mass is 9.53. The second-order valence-electron chi connectivity index (χ2n) is 9.48. The molecule has 6 rings (SSSR count). The first-order chi connectivity index (χ1) is 17.0. The summed E-state index contributed by atoms with van der Waals surface area (Å²) in [6, 6.07) is 3.52. The van der Waals surface area contributed by atoms with Gasteiger partial charge in [0, 0.05) is 17.5 Å². The van der Waals surface area contributed by atoms with Crippen LogP contribution in [0.25, 0.3) is 11.5 Å². The van der Waals surface area contributed by atoms with Crippen molar-refractivity contribution in [1.82, 2.24) is 25.7 Å². The molecule has 2 heterocycles. The molecular weight excluding hydrogens is 489 g/mol. The van der Waals surface area contributed by atoms with E-state index in [2.05, 4.69) is 25.7 Å². The number of carbonyl (C=O) groups excluding carboxylic acids is 1. The van der Waals surface area contributed by atoms with E-state index < -0.39 is 35.2 Å². The molecule has 0 radical (unpaired) electrons. The maximum Gasteiger partial charge on any atom is 0.435 e. The molecule has 0 atom stereocenters. The number of fused-ring (bicyclic) bond motifs is 3. The Hall–Kier alpha value is -3.64. The summed E-state index contributed by atoms with van der Waals surface area (Å²) in [7, 11) is 0. The minimum Gasteiger partial charge on any atom is -0.503 e. The molecule has 3 saturated carbocycles. The van der Waals surface area contributed by atoms with Crippen LogP contribution in [0.2, 0.25) is 0 Å². The summed E-state index contributed by atoms with van der Waals surface area (Å²) in [4.78, 5) is 16.8. The zero-order chi connectivity index (χ0) is 25.7. The monoisotopic (exact) mass is 509 g/mol. The van der Waals surface area contributed by atoms with Crippen molar-refractivity contribution in [3.05, 3.63) is 53.0 Å². The van der Waals surface area contributed by atoms with E-state index in [1.54, 1.807) is 0 Å². The number of hydrogen-bond acceptors (Lipinski definition) is 7. The van der Waals surface area contributed by atoms with Gasteiger partial charge in [0.05, 0.1) is 0 Å². The molecule has 3 aliphatic rings. The van der Waals surface area contributed by atoms with E-state index in [0.717, 1.165) is 43.5 Å². The fourth-order valence-corrected chi connectivity index (χ4v) is 5.06. The van der Waals surface area contributed by atoms with Gasteiger partial charge in [0.15, 0.2) is 23.1 Å². The molecule has 3 aromatic rings. The van der Waals surface area contributed by atoms with Crippen LogP contribution in [0, 0.1) is 17.0 Å². The van der Waals surface area contributed by atoms with E-state index >= 15 is 0 Å². The summed E-state index contributed by atoms with van der Waals surface area (Å²) in [5.41, 5.74) is -1.82. The number of halogens is 5. The molecule has 1 aromatic carbocycles. The molecule has 1 amide bonds. The minimum atomic E-state index is -4.60. The number of amides is 1. The maximum absolute atomic E-state index is 13.6. The number of phenols is 1. The third-order valence-corrected chi connectivity index (χ3v) is 7.37. The number of nitrogens with zero attached hydrogens (tertiary/aromatic N) is 4. The number of phenolic OH excluding ortho intramolecular Hbond substituents is 1. The van der Waals surface area contributed by atoms with Gasteiger partial charge in [-0.05, 0) is 68.2 Å². The molecule has 0 spiro atoms. The zero-order valence-electron chi connectivity index (χ0n) is 18.7. The Morgan fingerprint density at radius 3 is 2.22 bits per heavy atom. The second kappa shape index (κ2) is 8.49. The molecule has 0 unspecified atom stereocenters. The number of benzene rings is 1. The first-order valence-corrected chi connectivity index (χ1v) is 11.2. The second-order valence-corrected chi connectivity index (χ2v) is 9.48. The van der Waals surface area contributed by atoms with Gasteiger partial charge in [-0.1, -0.05) is 5.16 Å². The van der Waals surface area contributed by atoms with Gasteiger partial charge in [-0.2, -0.15) is 18.2 Å². The highest BCUT2D eigenvalue weighted by molar-refractivity contribution is 5.94. The molecule has 36 heavy (non-hydrogen) atoms. The van der Waals surface area contributed by atoms with Crippen molar-refractivity contribution in [2.24, 2.45) is 5.41 Å². The van der Waals surface area contributed by atoms with E-state index in [1.807, 2.05) is 0 Å². The van der Waals surface area contributed by atoms with Crippen molar-refractivity contribution >= 4 is 5.91 Å². The van der Waals surface area contributed by atoms with Crippen LogP contribution in [0.3, 0.4) is 0 Å². The average Bonchev–Trinajstić information content (AvgIpc) is 3.38. The molecule has 3 aliphatic carbocycles. The molecule has 2 aromatic heterocycles. The van der Waals surface area contributed by atoms with Gasteiger partial charge in [0.2, 0.25) is 11.7 Å². The van der Waals surface area contributed by atoms with Crippen LogP contribution in [0.4, 0.5) is 22.0 Å². The van der Waals surface area contributed by atoms with Crippen molar-refractivity contribution in [2.75, 3.05) is 6.54 Å². The van der Waals surface area contributed by atoms with Crippen LogP contribution in [-0.4, -0.2) is 37.9 Å². The Balaban J connectivity index is 1.23. The molecule has 2 N–H and O–H groups in total. The van der Waals surface area contributed by atoms with Crippen LogP contribution < -0.4 is 5.32 Å². The fourth-order valence-electron chi connectivity index (χ4n) is 5.06. The van der Waals surface area contributed by atoms with Crippen molar-refractivity contribution < 1.29 is 36.4 Å². The Kier molecular flexibility index (Phi) is 5.67. The standard InChI is InChI=1S/C23H20F5N5O3/c24-13-9-12(10-14(25)17(13)34)19(35)29-11-21-3-6-22(7-4-21,8-5-21)20-30-18(33-36-20)15-1-2-16(32-31-15)23(26,27)28/h1-2,9-10,34H,3-8,11H2,(H,29,35). The SMILES string of the molecule is O=C(NCC12CCC(c3nc(-c4ccc(C(F)(F)F)nn4)no3)(CC1)CC2)c1cc(F)c(O)c(F)c1. The van der Waals surface area contributed by atoms with Gasteiger partial charge >= 0.3 is 6.18 Å². The normalized spacial score (nSPS) is 23.6. The molecule has 3 fully saturated rings. The van der Waals surface area contributed by atoms with Crippen molar-refractivity contribution in [3.8, 4) is 17.3 Å². The number of alkyl halides is 3. The lowest BCUT2D eigenvalue weighted by molar-refractivity contribution is -0.141. The van der Waals surface area contributed by atoms with Crippen LogP contribution in [-0.2, 0) is 11.6 Å². The third kappa shape index (κ3) is 4.26. The number of carbonyl (C=O) groups is 1. The highest BCUT2D eigenvalue weighted by Crippen LogP contribution is 2.57. The number of aromatic nitrogens is 4. The average molecular weight is 509 g/mol. The maximum atomic E-state index is 13.6. The lowest BCUT2D eigenvalue weighted by Gasteiger charge is -2.51. The van der Waals surface area contributed by atoms with Crippen LogP contribution >= 0.6 is 0 Å². The first kappa shape index (κ1) is 24.1. The topological polar surface area (TPSA) is 114 Å². The van der Waals surface area contributed by atoms with Gasteiger partial charge in [-0.3, -0.25) is 4.79 Å². The number of rotatable bonds is 5. The quantitative estimate of drug-likeness (QED) is 0.485. The number of nitrogens with one attached hydrogen (secondary N) is 1. The fraction of sp³-hybridized carbons (Fsp3) is 0.435. The smallest absolute Gasteiger partial charge is 0.435 e. The van der Waals surface area contributed by atoms with Gasteiger partial charge in [-0.25, -0.2) is 8.78 Å². The minimum absolute atomic E-state index is 0.0589. The predicted molar refractivity (Wildman–Crippen MR) is 112 cm³/mol. The van der Waals surface area contributed by atoms with Crippen molar-refractivity contribution in [2.45, 2.75) is 50.1 Å². The molecule has 190 valence electrons. The van der Waals surface area contributed by atoms with E-state index in [9.17, 15) is 31.9 Å². The predicted octanol–water partition coefficient (Wildman–Crippen LogP) is 4.55. The van der Waals surface area contributed by atoms with Crippen LogP contribution in [0.5, 0.6) is 5.75 Å². The van der Waals surface area contributed by atoms with E-state index in [-0.39, 0.29) is 27.9 Å². The van der Waals surface area contributed by atoms with E-state index in [4.69, 9.17) is 4.52 Å². The van der Waals surface area contributed by atoms with Gasteiger partial charge in [0.1, 0.15) is 5.69 Å². The van der Waals surface area contributed by atoms with E-state index in [1.165, 1.54) is 0 Å². The van der Waals surface area contributed by atoms with Crippen molar-refractivity contribution in [1.29, 1.82) is 0 Å². The molecule has 2 bridgehead atoms. The Labute approximate surface area is 200 Å². The number of aromatic hydroxyl groups is 1. The summed E-state index contributed by atoms with van der Waals surface area (Å²) >= 11 is 0. The lowest BCUT2D eigenvalue weighted by Crippen LogP contribution is -2.49. The van der Waals surface area contributed by atoms with Gasteiger partial charge in [0.25, 0.3) is 5.91 Å². The summed E-state index contributed by atoms with van der Waals surface area (Å²) < 4.78 is 70.8. The Morgan fingerprint density at radius 1 is 1.03 bits per heavy atom. The summed E-state index contributed by atoms with van der Waals surface area (Å²) in [5.74, 6) is -3.73. The number of hydrogen-bond donors (Lipinski definition) is 2. The summed E-state index contributed by atoms with van der Waals surface area (Å²) in [6.45, 7) is 0.322. The van der Waals surface area contributed by atoms with Crippen LogP contribution in [0.15, 0.2) is 28.8 Å². The Bertz CT molecular complexity index is 1260. The third-order valence-electron chi connectivity index (χ3n) is 7.37. The van der Waals surface area contributed by atoms with Gasteiger partial charge in [-0.15, -0.1) is 10.2 Å². The molecule has 0 saturated heterocycles. The molecular formula is C23H20F5N5O3. The van der Waals surface area contributed by atoms with Gasteiger partial charge < -0.3 is 14.9 Å². The highest BCUT2D eigenvalue weighted by atomic mass is 19.4. The van der Waals surface area contributed by atoms with Crippen molar-refractivity contribution in [3.63, 3.8) is 0 Å².